The SMILES string of the molecule is C=C(Cc1c(C(=O)OC)c(C(=O)OC)c2ccccc2c1P1(=O)OCC(C)(C)CO1)C(c1ccccc1)P1(=O)OCC(C)(C)CO1. The van der Waals surface area contributed by atoms with Gasteiger partial charge in [-0.1, -0.05) is 94.4 Å². The second-order valence-corrected chi connectivity index (χ2v) is 17.3. The fourth-order valence-corrected chi connectivity index (χ4v) is 10.6. The Morgan fingerprint density at radius 1 is 0.761 bits per heavy atom. The Kier molecular flexibility index (Phi) is 9.55. The summed E-state index contributed by atoms with van der Waals surface area (Å²) in [5.41, 5.74) is -0.930. The molecule has 0 amide bonds. The topological polar surface area (TPSA) is 124 Å². The molecule has 0 spiro atoms. The number of methoxy groups -OCH3 is 2. The summed E-state index contributed by atoms with van der Waals surface area (Å²) in [6.45, 7) is 12.7. The number of hydrogen-bond donors (Lipinski definition) is 0. The van der Waals surface area contributed by atoms with Crippen LogP contribution in [0, 0.1) is 10.8 Å². The van der Waals surface area contributed by atoms with E-state index in [1.54, 1.807) is 48.5 Å². The van der Waals surface area contributed by atoms with Crippen LogP contribution in [-0.4, -0.2) is 52.6 Å². The minimum absolute atomic E-state index is 0.0738. The lowest BCUT2D eigenvalue weighted by molar-refractivity contribution is 0.0389. The first-order valence-electron chi connectivity index (χ1n) is 14.9. The van der Waals surface area contributed by atoms with Crippen LogP contribution in [0.25, 0.3) is 10.8 Å². The fraction of sp³-hybridized carbons (Fsp3) is 0.412. The molecule has 0 bridgehead atoms. The molecule has 10 nitrogen and oxygen atoms in total. The van der Waals surface area contributed by atoms with Crippen molar-refractivity contribution in [3.63, 3.8) is 0 Å². The Hall–Kier alpha value is -3.10. The maximum atomic E-state index is 14.8. The molecule has 12 heteroatoms. The molecule has 46 heavy (non-hydrogen) atoms. The summed E-state index contributed by atoms with van der Waals surface area (Å²) in [4.78, 5) is 27.1. The molecule has 3 aromatic carbocycles. The Bertz CT molecular complexity index is 1750. The van der Waals surface area contributed by atoms with Gasteiger partial charge in [-0.15, -0.1) is 0 Å². The van der Waals surface area contributed by atoms with E-state index in [9.17, 15) is 18.7 Å². The third-order valence-corrected chi connectivity index (χ3v) is 12.4. The van der Waals surface area contributed by atoms with E-state index in [-0.39, 0.29) is 60.3 Å². The molecule has 2 fully saturated rings. The summed E-state index contributed by atoms with van der Waals surface area (Å²) in [5.74, 6) is -1.66. The van der Waals surface area contributed by atoms with Crippen LogP contribution in [0.5, 0.6) is 0 Å². The van der Waals surface area contributed by atoms with Crippen LogP contribution in [0.3, 0.4) is 0 Å². The predicted octanol–water partition coefficient (Wildman–Crippen LogP) is 7.41. The number of allylic oxidation sites excluding steroid dienone is 1. The molecular weight excluding hydrogens is 630 g/mol. The smallest absolute Gasteiger partial charge is 0.362 e. The molecule has 0 radical (unpaired) electrons. The molecule has 0 aromatic heterocycles. The zero-order valence-corrected chi connectivity index (χ0v) is 28.8. The van der Waals surface area contributed by atoms with E-state index in [2.05, 4.69) is 6.58 Å². The van der Waals surface area contributed by atoms with E-state index in [4.69, 9.17) is 27.6 Å². The molecule has 1 unspecified atom stereocenters. The van der Waals surface area contributed by atoms with Crippen molar-refractivity contribution in [1.82, 2.24) is 0 Å². The van der Waals surface area contributed by atoms with Crippen LogP contribution in [0.15, 0.2) is 66.7 Å². The molecule has 0 N–H and O–H groups in total. The molecule has 246 valence electrons. The van der Waals surface area contributed by atoms with Gasteiger partial charge in [0.15, 0.2) is 0 Å². The average molecular weight is 671 g/mol. The van der Waals surface area contributed by atoms with Gasteiger partial charge in [0.1, 0.15) is 5.66 Å². The molecule has 1 atom stereocenters. The van der Waals surface area contributed by atoms with Gasteiger partial charge in [0, 0.05) is 10.8 Å². The summed E-state index contributed by atoms with van der Waals surface area (Å²) < 4.78 is 63.7. The van der Waals surface area contributed by atoms with Gasteiger partial charge in [-0.05, 0) is 28.3 Å². The van der Waals surface area contributed by atoms with Gasteiger partial charge in [-0.3, -0.25) is 9.13 Å². The lowest BCUT2D eigenvalue weighted by Gasteiger charge is -2.38. The first-order chi connectivity index (χ1) is 21.7. The summed E-state index contributed by atoms with van der Waals surface area (Å²) in [7, 11) is -5.60. The lowest BCUT2D eigenvalue weighted by atomic mass is 9.89. The molecule has 5 rings (SSSR count). The highest BCUT2D eigenvalue weighted by atomic mass is 31.2. The quantitative estimate of drug-likeness (QED) is 0.136. The van der Waals surface area contributed by atoms with Crippen molar-refractivity contribution in [2.75, 3.05) is 40.6 Å². The zero-order valence-electron chi connectivity index (χ0n) is 27.0. The number of carbonyl (C=O) groups is 2. The number of hydrogen-bond acceptors (Lipinski definition) is 10. The maximum absolute atomic E-state index is 14.8. The maximum Gasteiger partial charge on any atom is 0.362 e. The number of esters is 2. The normalized spacial score (nSPS) is 20.4. The van der Waals surface area contributed by atoms with E-state index in [0.29, 0.717) is 21.9 Å². The number of fused-ring (bicyclic) bond motifs is 1. The highest BCUT2D eigenvalue weighted by molar-refractivity contribution is 7.63. The first kappa shape index (κ1) is 34.2. The average Bonchev–Trinajstić information content (AvgIpc) is 3.03. The van der Waals surface area contributed by atoms with Crippen LogP contribution in [0.1, 0.15) is 65.2 Å². The van der Waals surface area contributed by atoms with Gasteiger partial charge in [0.25, 0.3) is 0 Å². The Morgan fingerprint density at radius 3 is 1.78 bits per heavy atom. The van der Waals surface area contributed by atoms with Crippen molar-refractivity contribution >= 4 is 43.2 Å². The number of rotatable bonds is 8. The van der Waals surface area contributed by atoms with Gasteiger partial charge in [0.05, 0.1) is 57.1 Å². The van der Waals surface area contributed by atoms with E-state index < -0.39 is 38.2 Å². The fourth-order valence-electron chi connectivity index (χ4n) is 5.69. The van der Waals surface area contributed by atoms with Crippen LogP contribution in [0.4, 0.5) is 0 Å². The molecule has 0 saturated carbocycles. The van der Waals surface area contributed by atoms with Crippen molar-refractivity contribution in [2.45, 2.75) is 39.8 Å². The third kappa shape index (κ3) is 6.52. The van der Waals surface area contributed by atoms with E-state index in [1.165, 1.54) is 14.2 Å². The van der Waals surface area contributed by atoms with Crippen LogP contribution in [0.2, 0.25) is 0 Å². The van der Waals surface area contributed by atoms with Gasteiger partial charge >= 0.3 is 27.1 Å². The van der Waals surface area contributed by atoms with Crippen molar-refractivity contribution in [1.29, 1.82) is 0 Å². The Morgan fingerprint density at radius 2 is 1.24 bits per heavy atom. The highest BCUT2D eigenvalue weighted by Crippen LogP contribution is 2.67. The predicted molar refractivity (Wildman–Crippen MR) is 175 cm³/mol. The molecule has 2 aliphatic rings. The minimum atomic E-state index is -4.12. The standard InChI is InChI=1S/C34H40O10P2/c1-22(29(23-13-9-8-10-14-23)45(37)41-18-33(2,3)19-42-45)17-26-28(32(36)40-7)27(31(35)39-6)24-15-11-12-16-25(24)30(26)46(38)43-20-34(4,5)21-44-46/h8-16,29H,1,17-21H2,2-7H3. The van der Waals surface area contributed by atoms with Crippen molar-refractivity contribution in [3.05, 3.63) is 89.0 Å². The van der Waals surface area contributed by atoms with Crippen molar-refractivity contribution in [3.8, 4) is 0 Å². The third-order valence-electron chi connectivity index (χ3n) is 8.09. The van der Waals surface area contributed by atoms with Gasteiger partial charge in [-0.25, -0.2) is 9.59 Å². The summed E-state index contributed by atoms with van der Waals surface area (Å²) in [6, 6.07) is 15.7. The monoisotopic (exact) mass is 670 g/mol. The first-order valence-corrected chi connectivity index (χ1v) is 18.1. The van der Waals surface area contributed by atoms with E-state index >= 15 is 0 Å². The molecule has 2 aliphatic heterocycles. The largest absolute Gasteiger partial charge is 0.465 e. The van der Waals surface area contributed by atoms with E-state index in [1.807, 2.05) is 33.8 Å². The molecule has 3 aromatic rings. The zero-order chi connectivity index (χ0) is 33.5. The summed E-state index contributed by atoms with van der Waals surface area (Å²) in [6.07, 6.45) is -0.186. The molecule has 2 heterocycles. The second kappa shape index (κ2) is 12.8. The van der Waals surface area contributed by atoms with Gasteiger partial charge < -0.3 is 27.6 Å². The van der Waals surface area contributed by atoms with E-state index in [0.717, 1.165) is 0 Å². The minimum Gasteiger partial charge on any atom is -0.465 e. The summed E-state index contributed by atoms with van der Waals surface area (Å²) in [5, 5.41) is 0.778. The summed E-state index contributed by atoms with van der Waals surface area (Å²) >= 11 is 0. The molecular formula is C34H40O10P2. The van der Waals surface area contributed by atoms with Crippen LogP contribution < -0.4 is 5.30 Å². The van der Waals surface area contributed by atoms with Crippen LogP contribution >= 0.6 is 15.2 Å². The molecule has 0 aliphatic carbocycles. The number of carbonyl (C=O) groups excluding carboxylic acids is 2. The Balaban J connectivity index is 1.78. The highest BCUT2D eigenvalue weighted by Gasteiger charge is 2.47. The number of benzene rings is 3. The van der Waals surface area contributed by atoms with Gasteiger partial charge in [0.2, 0.25) is 0 Å². The lowest BCUT2D eigenvalue weighted by Crippen LogP contribution is -2.34. The van der Waals surface area contributed by atoms with Crippen molar-refractivity contribution < 1.29 is 46.3 Å². The second-order valence-electron chi connectivity index (χ2n) is 13.2. The van der Waals surface area contributed by atoms with Crippen molar-refractivity contribution in [2.24, 2.45) is 10.8 Å². The molecule has 2 saturated heterocycles. The Labute approximate surface area is 269 Å². The van der Waals surface area contributed by atoms with Gasteiger partial charge in [-0.2, -0.15) is 0 Å². The van der Waals surface area contributed by atoms with Crippen LogP contribution in [-0.2, 0) is 43.1 Å². The number of ether oxygens (including phenoxy) is 2.